The van der Waals surface area contributed by atoms with Crippen molar-refractivity contribution >= 4 is 42.8 Å². The van der Waals surface area contributed by atoms with Gasteiger partial charge < -0.3 is 0 Å². The monoisotopic (exact) mass is 808 g/mol. The molecule has 0 saturated carbocycles. The van der Waals surface area contributed by atoms with Gasteiger partial charge in [-0.05, 0) is 0 Å². The van der Waals surface area contributed by atoms with Gasteiger partial charge in [0.2, 0.25) is 0 Å². The minimum absolute atomic E-state index is 0.0588. The summed E-state index contributed by atoms with van der Waals surface area (Å²) >= 11 is -7.75. The van der Waals surface area contributed by atoms with Gasteiger partial charge >= 0.3 is 268 Å². The molecule has 1 atom stereocenters. The fourth-order valence-electron chi connectivity index (χ4n) is 6.95. The average Bonchev–Trinajstić information content (AvgIpc) is 2.98. The summed E-state index contributed by atoms with van der Waals surface area (Å²) in [6.07, 6.45) is 9.49. The third-order valence-electron chi connectivity index (χ3n) is 9.27. The molecular formula is C36H63F3OSn2. The number of unbranched alkanes of at least 4 members (excludes halogenated alkanes) is 6. The third-order valence-corrected chi connectivity index (χ3v) is 43.2. The molecule has 0 amide bonds. The zero-order chi connectivity index (χ0) is 31.5. The van der Waals surface area contributed by atoms with E-state index in [-0.39, 0.29) is 3.59 Å². The zero-order valence-electron chi connectivity index (χ0n) is 27.9. The maximum atomic E-state index is 16.1. The Balaban J connectivity index is 4.30. The Bertz CT molecular complexity index is 851. The minimum atomic E-state index is -4.37. The van der Waals surface area contributed by atoms with Gasteiger partial charge in [-0.3, -0.25) is 0 Å². The molecule has 42 heavy (non-hydrogen) atoms. The number of hydrogen-bond donors (Lipinski definition) is 1. The van der Waals surface area contributed by atoms with E-state index in [1.807, 2.05) is 36.4 Å². The Hall–Kier alpha value is 0.0474. The van der Waals surface area contributed by atoms with Gasteiger partial charge in [-0.25, -0.2) is 0 Å². The molecule has 0 aromatic heterocycles. The van der Waals surface area contributed by atoms with Crippen LogP contribution >= 0.6 is 0 Å². The number of alkyl halides is 3. The van der Waals surface area contributed by atoms with Gasteiger partial charge in [0.15, 0.2) is 0 Å². The summed E-state index contributed by atoms with van der Waals surface area (Å²) in [5.41, 5.74) is 0.929. The van der Waals surface area contributed by atoms with Gasteiger partial charge in [-0.1, -0.05) is 0 Å². The summed E-state index contributed by atoms with van der Waals surface area (Å²) in [5.74, 6) is 0. The predicted octanol–water partition coefficient (Wildman–Crippen LogP) is 12.7. The summed E-state index contributed by atoms with van der Waals surface area (Å²) < 4.78 is 53.9. The Morgan fingerprint density at radius 2 is 1.00 bits per heavy atom. The van der Waals surface area contributed by atoms with Crippen molar-refractivity contribution in [2.24, 2.45) is 0 Å². The van der Waals surface area contributed by atoms with E-state index in [0.717, 1.165) is 109 Å². The number of halogens is 3. The Morgan fingerprint density at radius 3 is 1.33 bits per heavy atom. The fourth-order valence-corrected chi connectivity index (χ4v) is 51.2. The second kappa shape index (κ2) is 21.7. The predicted molar refractivity (Wildman–Crippen MR) is 184 cm³/mol. The first-order valence-corrected chi connectivity index (χ1v) is 32.3. The topological polar surface area (TPSA) is 20.2 Å². The van der Waals surface area contributed by atoms with Crippen molar-refractivity contribution in [3.8, 4) is 0 Å². The number of benzene rings is 1. The van der Waals surface area contributed by atoms with Gasteiger partial charge in [0, 0.05) is 0 Å². The van der Waals surface area contributed by atoms with Crippen molar-refractivity contribution in [1.82, 2.24) is 0 Å². The molecule has 0 aliphatic rings. The summed E-state index contributed by atoms with van der Waals surface area (Å²) in [5, 5.41) is 12.2. The Labute approximate surface area is 266 Å². The van der Waals surface area contributed by atoms with Crippen LogP contribution in [0.2, 0.25) is 26.6 Å². The molecule has 0 bridgehead atoms. The summed E-state index contributed by atoms with van der Waals surface area (Å²) in [6, 6.07) is 9.76. The molecule has 0 saturated heterocycles. The molecule has 0 spiro atoms. The number of allylic oxidation sites excluding steroid dienone is 1. The quantitative estimate of drug-likeness (QED) is 0.109. The van der Waals surface area contributed by atoms with E-state index in [1.54, 1.807) is 6.08 Å². The molecule has 1 N–H and O–H groups in total. The van der Waals surface area contributed by atoms with Crippen LogP contribution in [0.4, 0.5) is 13.2 Å². The van der Waals surface area contributed by atoms with Crippen LogP contribution in [0, 0.1) is 0 Å². The number of aliphatic hydroxyl groups excluding tert-OH is 1. The first-order chi connectivity index (χ1) is 20.1. The Morgan fingerprint density at radius 1 is 0.643 bits per heavy atom. The molecule has 0 fully saturated rings. The van der Waals surface area contributed by atoms with Crippen LogP contribution in [0.5, 0.6) is 0 Å². The van der Waals surface area contributed by atoms with E-state index in [4.69, 9.17) is 0 Å². The van der Waals surface area contributed by atoms with E-state index < -0.39 is 49.0 Å². The van der Waals surface area contributed by atoms with E-state index >= 15 is 13.2 Å². The number of hydrogen-bond acceptors (Lipinski definition) is 1. The van der Waals surface area contributed by atoms with Crippen LogP contribution in [-0.2, 0) is 0 Å². The van der Waals surface area contributed by atoms with Crippen LogP contribution < -0.4 is 0 Å². The summed E-state index contributed by atoms with van der Waals surface area (Å²) in [6.45, 7) is 12.9. The molecule has 0 aliphatic heterocycles. The molecule has 1 unspecified atom stereocenters. The summed E-state index contributed by atoms with van der Waals surface area (Å²) in [4.78, 5) is 0. The third kappa shape index (κ3) is 12.8. The van der Waals surface area contributed by atoms with E-state index in [1.165, 1.54) is 0 Å². The van der Waals surface area contributed by atoms with Gasteiger partial charge in [-0.15, -0.1) is 0 Å². The standard InChI is InChI=1S/C12H9F3O.6C4H9.2Sn/c13-12(14,15)9-8-11(16)7-6-10-4-2-1-3-5-10;6*1-3-4-2;;/h1-7,11,16H;6*1,3-4H2,2H3;;/b7-6+,9-8?;;;;;;;;. The molecule has 0 heterocycles. The molecule has 1 aromatic carbocycles. The second-order valence-electron chi connectivity index (χ2n) is 12.7. The van der Waals surface area contributed by atoms with E-state index in [2.05, 4.69) is 41.5 Å². The molecule has 242 valence electrons. The van der Waals surface area contributed by atoms with Crippen LogP contribution in [0.3, 0.4) is 0 Å². The first-order valence-electron chi connectivity index (χ1n) is 17.3. The molecule has 1 nitrogen and oxygen atoms in total. The molecule has 1 aromatic rings. The fraction of sp³-hybridized carbons (Fsp3) is 0.722. The van der Waals surface area contributed by atoms with Gasteiger partial charge in [0.05, 0.1) is 0 Å². The molecule has 0 aliphatic carbocycles. The van der Waals surface area contributed by atoms with Gasteiger partial charge in [-0.2, -0.15) is 0 Å². The van der Waals surface area contributed by atoms with Crippen molar-refractivity contribution in [2.45, 2.75) is 157 Å². The maximum absolute atomic E-state index is 16.1. The molecule has 1 rings (SSSR count). The van der Waals surface area contributed by atoms with Gasteiger partial charge in [0.25, 0.3) is 0 Å². The van der Waals surface area contributed by atoms with Crippen LogP contribution in [0.1, 0.15) is 124 Å². The first kappa shape index (κ1) is 40.1. The van der Waals surface area contributed by atoms with Crippen LogP contribution in [0.25, 0.3) is 6.08 Å². The van der Waals surface area contributed by atoms with Crippen LogP contribution in [0.15, 0.2) is 43.6 Å². The second-order valence-corrected chi connectivity index (χ2v) is 38.8. The molecule has 0 radical (unpaired) electrons. The number of aliphatic hydroxyl groups is 1. The van der Waals surface area contributed by atoms with Crippen molar-refractivity contribution < 1.29 is 18.3 Å². The summed E-state index contributed by atoms with van der Waals surface area (Å²) in [7, 11) is 0. The van der Waals surface area contributed by atoms with Crippen molar-refractivity contribution in [1.29, 1.82) is 0 Å². The SMILES string of the molecule is CCC[CH2][Sn]([CH2]CCC)([CH2]CCC)/[C](=[C](/C(F)(F)F)[Sn]([CH2]CCC)([CH2]CCC)[CH2]CCC)C(O)/C=C/c1ccccc1. The van der Waals surface area contributed by atoms with Gasteiger partial charge in [0.1, 0.15) is 0 Å². The molecular weight excluding hydrogens is 743 g/mol. The van der Waals surface area contributed by atoms with Crippen molar-refractivity contribution in [3.63, 3.8) is 0 Å². The normalized spacial score (nSPS) is 14.4. The Kier molecular flexibility index (Phi) is 20.7. The zero-order valence-corrected chi connectivity index (χ0v) is 33.6. The van der Waals surface area contributed by atoms with E-state index in [9.17, 15) is 5.11 Å². The molecule has 6 heteroatoms. The number of rotatable bonds is 23. The van der Waals surface area contributed by atoms with E-state index in [0.29, 0.717) is 3.59 Å². The van der Waals surface area contributed by atoms with Crippen molar-refractivity contribution in [3.05, 3.63) is 49.1 Å². The average molecular weight is 806 g/mol. The van der Waals surface area contributed by atoms with Crippen molar-refractivity contribution in [2.75, 3.05) is 0 Å². The van der Waals surface area contributed by atoms with Crippen LogP contribution in [-0.4, -0.2) is 54.1 Å².